The second-order valence-corrected chi connectivity index (χ2v) is 6.05. The van der Waals surface area contributed by atoms with Crippen LogP contribution in [0.1, 0.15) is 41.6 Å². The highest BCUT2D eigenvalue weighted by molar-refractivity contribution is 5.92. The first-order chi connectivity index (χ1) is 11.1. The summed E-state index contributed by atoms with van der Waals surface area (Å²) < 4.78 is 5.79. The van der Waals surface area contributed by atoms with Crippen molar-refractivity contribution in [1.29, 1.82) is 0 Å². The fraction of sp³-hybridized carbons (Fsp3) is 0.444. The number of ether oxygens (including phenoxy) is 1. The molecule has 1 amide bonds. The Hall–Kier alpha value is -2.14. The van der Waals surface area contributed by atoms with Gasteiger partial charge in [-0.25, -0.2) is 4.79 Å². The number of rotatable bonds is 3. The second kappa shape index (κ2) is 6.96. The average molecular weight is 315 g/mol. The van der Waals surface area contributed by atoms with Crippen LogP contribution >= 0.6 is 0 Å². The molecule has 0 aromatic heterocycles. The summed E-state index contributed by atoms with van der Waals surface area (Å²) in [5, 5.41) is 8.88. The van der Waals surface area contributed by atoms with Gasteiger partial charge in [-0.2, -0.15) is 0 Å². The Morgan fingerprint density at radius 2 is 1.91 bits per heavy atom. The van der Waals surface area contributed by atoms with Gasteiger partial charge in [0.2, 0.25) is 5.91 Å². The quantitative estimate of drug-likeness (QED) is 0.871. The van der Waals surface area contributed by atoms with E-state index in [4.69, 9.17) is 9.84 Å². The second-order valence-electron chi connectivity index (χ2n) is 6.05. The van der Waals surface area contributed by atoms with Crippen molar-refractivity contribution in [3.05, 3.63) is 41.5 Å². The first-order valence-corrected chi connectivity index (χ1v) is 8.09. The Bertz CT molecular complexity index is 606. The molecule has 0 spiro atoms. The van der Waals surface area contributed by atoms with Crippen LogP contribution in [-0.2, 0) is 9.53 Å². The predicted octanol–water partition coefficient (Wildman–Crippen LogP) is 2.57. The SMILES string of the molecule is O=C(O)c1ccc(/C=C/C(=O)N2CCO[C@H]3CCCC[C@H]32)cc1. The molecule has 0 radical (unpaired) electrons. The van der Waals surface area contributed by atoms with Crippen molar-refractivity contribution in [2.75, 3.05) is 13.2 Å². The van der Waals surface area contributed by atoms with E-state index in [2.05, 4.69) is 0 Å². The third kappa shape index (κ3) is 3.62. The lowest BCUT2D eigenvalue weighted by Gasteiger charge is -2.43. The minimum absolute atomic E-state index is 0.00695. The van der Waals surface area contributed by atoms with Crippen LogP contribution in [0.25, 0.3) is 6.08 Å². The molecule has 1 aliphatic carbocycles. The van der Waals surface area contributed by atoms with Gasteiger partial charge in [0.25, 0.3) is 0 Å². The van der Waals surface area contributed by atoms with Crippen LogP contribution in [0.3, 0.4) is 0 Å². The number of hydrogen-bond acceptors (Lipinski definition) is 3. The van der Waals surface area contributed by atoms with Crippen LogP contribution in [0.4, 0.5) is 0 Å². The fourth-order valence-electron chi connectivity index (χ4n) is 3.37. The predicted molar refractivity (Wildman–Crippen MR) is 86.1 cm³/mol. The standard InChI is InChI=1S/C18H21NO4/c20-17(10-7-13-5-8-14(9-6-13)18(21)22)19-11-12-23-16-4-2-1-3-15(16)19/h5-10,15-16H,1-4,11-12H2,(H,21,22)/b10-7+/t15-,16+/m1/s1. The summed E-state index contributed by atoms with van der Waals surface area (Å²) in [4.78, 5) is 25.2. The van der Waals surface area contributed by atoms with Gasteiger partial charge in [0, 0.05) is 12.6 Å². The van der Waals surface area contributed by atoms with Gasteiger partial charge in [0.1, 0.15) is 0 Å². The maximum atomic E-state index is 12.5. The van der Waals surface area contributed by atoms with Crippen LogP contribution in [0.2, 0.25) is 0 Å². The van der Waals surface area contributed by atoms with Crippen molar-refractivity contribution in [3.63, 3.8) is 0 Å². The lowest BCUT2D eigenvalue weighted by molar-refractivity contribution is -0.144. The maximum absolute atomic E-state index is 12.5. The average Bonchev–Trinajstić information content (AvgIpc) is 2.59. The molecule has 3 rings (SSSR count). The molecule has 0 bridgehead atoms. The first kappa shape index (κ1) is 15.7. The van der Waals surface area contributed by atoms with Crippen LogP contribution in [0, 0.1) is 0 Å². The molecule has 5 heteroatoms. The molecule has 1 saturated carbocycles. The normalized spacial score (nSPS) is 24.4. The monoisotopic (exact) mass is 315 g/mol. The highest BCUT2D eigenvalue weighted by Crippen LogP contribution is 2.28. The van der Waals surface area contributed by atoms with Gasteiger partial charge in [0.05, 0.1) is 24.3 Å². The number of nitrogens with zero attached hydrogens (tertiary/aromatic N) is 1. The molecule has 2 aliphatic rings. The minimum atomic E-state index is -0.951. The lowest BCUT2D eigenvalue weighted by atomic mass is 9.90. The number of carboxylic acid groups (broad SMARTS) is 1. The number of benzene rings is 1. The van der Waals surface area contributed by atoms with Gasteiger partial charge in [-0.3, -0.25) is 4.79 Å². The summed E-state index contributed by atoms with van der Waals surface area (Å²) in [7, 11) is 0. The van der Waals surface area contributed by atoms with Gasteiger partial charge in [0.15, 0.2) is 0 Å². The molecule has 23 heavy (non-hydrogen) atoms. The molecule has 1 aromatic carbocycles. The number of hydrogen-bond donors (Lipinski definition) is 1. The van der Waals surface area contributed by atoms with Gasteiger partial charge in [-0.05, 0) is 36.6 Å². The zero-order valence-electron chi connectivity index (χ0n) is 13.0. The van der Waals surface area contributed by atoms with Gasteiger partial charge < -0.3 is 14.7 Å². The van der Waals surface area contributed by atoms with Crippen LogP contribution < -0.4 is 0 Å². The minimum Gasteiger partial charge on any atom is -0.478 e. The van der Waals surface area contributed by atoms with E-state index >= 15 is 0 Å². The maximum Gasteiger partial charge on any atom is 0.335 e. The van der Waals surface area contributed by atoms with E-state index in [1.54, 1.807) is 36.4 Å². The summed E-state index contributed by atoms with van der Waals surface area (Å²) in [6, 6.07) is 6.69. The number of amides is 1. The summed E-state index contributed by atoms with van der Waals surface area (Å²) in [5.74, 6) is -0.944. The molecular formula is C18H21NO4. The topological polar surface area (TPSA) is 66.8 Å². The molecule has 0 unspecified atom stereocenters. The number of carboxylic acids is 1. The van der Waals surface area contributed by atoms with E-state index in [0.29, 0.717) is 13.2 Å². The lowest BCUT2D eigenvalue weighted by Crippen LogP contribution is -2.54. The number of carbonyl (C=O) groups excluding carboxylic acids is 1. The third-order valence-corrected chi connectivity index (χ3v) is 4.59. The molecule has 1 aliphatic heterocycles. The Kier molecular flexibility index (Phi) is 4.76. The number of aromatic carboxylic acids is 1. The van der Waals surface area contributed by atoms with Crippen molar-refractivity contribution in [1.82, 2.24) is 4.90 Å². The molecule has 1 N–H and O–H groups in total. The van der Waals surface area contributed by atoms with Crippen molar-refractivity contribution < 1.29 is 19.4 Å². The van der Waals surface area contributed by atoms with E-state index in [1.807, 2.05) is 4.90 Å². The van der Waals surface area contributed by atoms with Gasteiger partial charge >= 0.3 is 5.97 Å². The highest BCUT2D eigenvalue weighted by atomic mass is 16.5. The smallest absolute Gasteiger partial charge is 0.335 e. The van der Waals surface area contributed by atoms with Crippen LogP contribution in [0.5, 0.6) is 0 Å². The molecule has 5 nitrogen and oxygen atoms in total. The van der Waals surface area contributed by atoms with E-state index < -0.39 is 5.97 Å². The number of morpholine rings is 1. The zero-order chi connectivity index (χ0) is 16.2. The summed E-state index contributed by atoms with van der Waals surface area (Å²) in [6.45, 7) is 1.25. The van der Waals surface area contributed by atoms with Crippen LogP contribution in [-0.4, -0.2) is 47.2 Å². The summed E-state index contributed by atoms with van der Waals surface area (Å²) in [6.07, 6.45) is 7.87. The molecule has 1 heterocycles. The first-order valence-electron chi connectivity index (χ1n) is 8.09. The van der Waals surface area contributed by atoms with Crippen molar-refractivity contribution in [2.24, 2.45) is 0 Å². The summed E-state index contributed by atoms with van der Waals surface area (Å²) >= 11 is 0. The van der Waals surface area contributed by atoms with Crippen molar-refractivity contribution in [2.45, 2.75) is 37.8 Å². The van der Waals surface area contributed by atoms with Gasteiger partial charge in [-0.15, -0.1) is 0 Å². The number of fused-ring (bicyclic) bond motifs is 1. The number of carbonyl (C=O) groups is 2. The Morgan fingerprint density at radius 3 is 2.65 bits per heavy atom. The van der Waals surface area contributed by atoms with Crippen LogP contribution in [0.15, 0.2) is 30.3 Å². The van der Waals surface area contributed by atoms with Crippen molar-refractivity contribution in [3.8, 4) is 0 Å². The molecular weight excluding hydrogens is 294 g/mol. The Labute approximate surface area is 135 Å². The summed E-state index contributed by atoms with van der Waals surface area (Å²) in [5.41, 5.74) is 1.06. The largest absolute Gasteiger partial charge is 0.478 e. The molecule has 1 aromatic rings. The fourth-order valence-corrected chi connectivity index (χ4v) is 3.37. The van der Waals surface area contributed by atoms with Crippen molar-refractivity contribution >= 4 is 18.0 Å². The molecule has 2 atom stereocenters. The molecule has 1 saturated heterocycles. The highest BCUT2D eigenvalue weighted by Gasteiger charge is 2.35. The van der Waals surface area contributed by atoms with E-state index in [-0.39, 0.29) is 23.6 Å². The Morgan fingerprint density at radius 1 is 1.17 bits per heavy atom. The molecule has 2 fully saturated rings. The zero-order valence-corrected chi connectivity index (χ0v) is 13.0. The van der Waals surface area contributed by atoms with E-state index in [1.165, 1.54) is 6.42 Å². The van der Waals surface area contributed by atoms with E-state index in [0.717, 1.165) is 24.8 Å². The third-order valence-electron chi connectivity index (χ3n) is 4.59. The van der Waals surface area contributed by atoms with Gasteiger partial charge in [-0.1, -0.05) is 25.0 Å². The van der Waals surface area contributed by atoms with E-state index in [9.17, 15) is 9.59 Å². The Balaban J connectivity index is 1.66. The molecule has 122 valence electrons.